The Balaban J connectivity index is 2.83. The van der Waals surface area contributed by atoms with Crippen LogP contribution < -0.4 is 5.73 Å². The molecule has 0 aliphatic heterocycles. The minimum atomic E-state index is -0.503. The fourth-order valence-corrected chi connectivity index (χ4v) is 0.556. The van der Waals surface area contributed by atoms with E-state index in [0.717, 1.165) is 0 Å². The predicted octanol–water partition coefficient (Wildman–Crippen LogP) is -0.327. The molecule has 0 aromatic heterocycles. The molecular weight excluding hydrogens is 209 g/mol. The van der Waals surface area contributed by atoms with E-state index in [9.17, 15) is 0 Å². The van der Waals surface area contributed by atoms with Crippen molar-refractivity contribution in [1.29, 1.82) is 0 Å². The molecule has 44 valence electrons. The number of rotatable bonds is 3. The summed E-state index contributed by atoms with van der Waals surface area (Å²) in [7, 11) is 0. The molecule has 0 unspecified atom stereocenters. The van der Waals surface area contributed by atoms with Gasteiger partial charge in [0.25, 0.3) is 0 Å². The molecule has 3 nitrogen and oxygen atoms in total. The minimum Gasteiger partial charge on any atom is -0.389 e. The van der Waals surface area contributed by atoms with E-state index in [0.29, 0.717) is 6.61 Å². The van der Waals surface area contributed by atoms with Crippen LogP contribution in [-0.4, -0.2) is 24.4 Å². The predicted molar refractivity (Wildman–Crippen MR) is 35.0 cm³/mol. The molecule has 4 heteroatoms. The third-order valence-electron chi connectivity index (χ3n) is 0.527. The molecule has 0 saturated carbocycles. The van der Waals surface area contributed by atoms with E-state index in [1.807, 2.05) is 0 Å². The quantitative estimate of drug-likeness (QED) is 0.636. The van der Waals surface area contributed by atoms with Crippen LogP contribution in [0.4, 0.5) is 0 Å². The molecule has 0 heterocycles. The number of hydrogen-bond donors (Lipinski definition) is 2. The molecule has 7 heavy (non-hydrogen) atoms. The Morgan fingerprint density at radius 1 is 1.86 bits per heavy atom. The summed E-state index contributed by atoms with van der Waals surface area (Å²) < 4.78 is 4.53. The topological polar surface area (TPSA) is 55.5 Å². The van der Waals surface area contributed by atoms with Crippen LogP contribution in [0.15, 0.2) is 0 Å². The smallest absolute Gasteiger partial charge is 0.109 e. The largest absolute Gasteiger partial charge is 0.389 e. The molecule has 0 bridgehead atoms. The van der Waals surface area contributed by atoms with Crippen molar-refractivity contribution in [2.24, 2.45) is 5.73 Å². The molecule has 0 saturated heterocycles. The SMILES string of the molecule is NC[C@H](O)COI. The van der Waals surface area contributed by atoms with Gasteiger partial charge in [-0.15, -0.1) is 0 Å². The highest BCUT2D eigenvalue weighted by Gasteiger charge is 1.96. The Kier molecular flexibility index (Phi) is 5.18. The fourth-order valence-electron chi connectivity index (χ4n) is 0.141. The molecule has 0 amide bonds. The average molecular weight is 217 g/mol. The van der Waals surface area contributed by atoms with Gasteiger partial charge in [-0.1, -0.05) is 0 Å². The Morgan fingerprint density at radius 2 is 2.43 bits per heavy atom. The summed E-state index contributed by atoms with van der Waals surface area (Å²) in [6, 6.07) is 0. The maximum atomic E-state index is 8.60. The lowest BCUT2D eigenvalue weighted by atomic mass is 10.4. The zero-order valence-corrected chi connectivity index (χ0v) is 5.96. The highest BCUT2D eigenvalue weighted by Crippen LogP contribution is 1.87. The van der Waals surface area contributed by atoms with Crippen molar-refractivity contribution in [2.45, 2.75) is 6.10 Å². The normalized spacial score (nSPS) is 14.1. The Labute approximate surface area is 56.5 Å². The summed E-state index contributed by atoms with van der Waals surface area (Å²) in [6.07, 6.45) is -0.503. The lowest BCUT2D eigenvalue weighted by molar-refractivity contribution is 0.136. The Hall–Kier alpha value is 0.610. The van der Waals surface area contributed by atoms with Gasteiger partial charge in [0.15, 0.2) is 0 Å². The third-order valence-corrected chi connectivity index (χ3v) is 0.887. The number of hydrogen-bond acceptors (Lipinski definition) is 3. The van der Waals surface area contributed by atoms with Crippen LogP contribution in [-0.2, 0) is 3.07 Å². The fraction of sp³-hybridized carbons (Fsp3) is 1.00. The van der Waals surface area contributed by atoms with Crippen molar-refractivity contribution < 1.29 is 8.17 Å². The zero-order valence-electron chi connectivity index (χ0n) is 3.80. The Morgan fingerprint density at radius 3 is 2.57 bits per heavy atom. The van der Waals surface area contributed by atoms with Gasteiger partial charge < -0.3 is 13.9 Å². The van der Waals surface area contributed by atoms with E-state index in [-0.39, 0.29) is 6.54 Å². The standard InChI is InChI=1S/C3H8INO2/c4-7-2-3(6)1-5/h3,6H,1-2,5H2/t3-/m0/s1. The maximum Gasteiger partial charge on any atom is 0.109 e. The number of aliphatic hydroxyl groups is 1. The first kappa shape index (κ1) is 7.61. The van der Waals surface area contributed by atoms with E-state index >= 15 is 0 Å². The molecule has 0 aromatic rings. The molecule has 0 aliphatic rings. The maximum absolute atomic E-state index is 8.60. The summed E-state index contributed by atoms with van der Waals surface area (Å²) in [4.78, 5) is 0. The van der Waals surface area contributed by atoms with E-state index in [1.165, 1.54) is 0 Å². The molecule has 0 aromatic carbocycles. The molecule has 0 fully saturated rings. The summed E-state index contributed by atoms with van der Waals surface area (Å²) in [5, 5.41) is 8.60. The number of aliphatic hydroxyl groups excluding tert-OH is 1. The second-order valence-corrected chi connectivity index (χ2v) is 1.79. The van der Waals surface area contributed by atoms with Gasteiger partial charge in [-0.3, -0.25) is 0 Å². The third kappa shape index (κ3) is 4.46. The molecule has 0 rings (SSSR count). The van der Waals surface area contributed by atoms with E-state index < -0.39 is 6.10 Å². The zero-order chi connectivity index (χ0) is 5.70. The van der Waals surface area contributed by atoms with Crippen molar-refractivity contribution in [3.8, 4) is 0 Å². The van der Waals surface area contributed by atoms with Crippen LogP contribution in [0.3, 0.4) is 0 Å². The highest BCUT2D eigenvalue weighted by molar-refractivity contribution is 14.1. The van der Waals surface area contributed by atoms with Gasteiger partial charge >= 0.3 is 0 Å². The Bertz CT molecular complexity index is 43.9. The molecule has 3 N–H and O–H groups in total. The van der Waals surface area contributed by atoms with Gasteiger partial charge in [0, 0.05) is 6.54 Å². The summed E-state index contributed by atoms with van der Waals surface area (Å²) in [5.41, 5.74) is 5.02. The second-order valence-electron chi connectivity index (χ2n) is 1.17. The van der Waals surface area contributed by atoms with Gasteiger partial charge in [-0.05, 0) is 0 Å². The number of nitrogens with two attached hydrogens (primary N) is 1. The van der Waals surface area contributed by atoms with Crippen LogP contribution in [0.1, 0.15) is 0 Å². The number of halogens is 1. The average Bonchev–Trinajstić information content (AvgIpc) is 1.68. The van der Waals surface area contributed by atoms with Crippen LogP contribution in [0.5, 0.6) is 0 Å². The molecule has 0 radical (unpaired) electrons. The van der Waals surface area contributed by atoms with Crippen LogP contribution in [0.2, 0.25) is 0 Å². The first-order chi connectivity index (χ1) is 3.31. The minimum absolute atomic E-state index is 0.267. The first-order valence-corrected chi connectivity index (χ1v) is 2.81. The highest BCUT2D eigenvalue weighted by atomic mass is 127. The van der Waals surface area contributed by atoms with Gasteiger partial charge in [0.1, 0.15) is 23.0 Å². The van der Waals surface area contributed by atoms with Gasteiger partial charge in [0.2, 0.25) is 0 Å². The molecule has 1 atom stereocenters. The van der Waals surface area contributed by atoms with E-state index in [2.05, 4.69) is 3.07 Å². The van der Waals surface area contributed by atoms with Gasteiger partial charge in [-0.2, -0.15) is 0 Å². The van der Waals surface area contributed by atoms with Crippen molar-refractivity contribution in [3.63, 3.8) is 0 Å². The van der Waals surface area contributed by atoms with E-state index in [1.54, 1.807) is 23.0 Å². The van der Waals surface area contributed by atoms with Crippen molar-refractivity contribution in [3.05, 3.63) is 0 Å². The summed E-state index contributed by atoms with van der Waals surface area (Å²) in [5.74, 6) is 0. The monoisotopic (exact) mass is 217 g/mol. The van der Waals surface area contributed by atoms with Crippen LogP contribution in [0.25, 0.3) is 0 Å². The lowest BCUT2D eigenvalue weighted by Gasteiger charge is -2.01. The van der Waals surface area contributed by atoms with Crippen molar-refractivity contribution in [1.82, 2.24) is 0 Å². The molecule has 0 aliphatic carbocycles. The van der Waals surface area contributed by atoms with Crippen LogP contribution >= 0.6 is 23.0 Å². The summed E-state index contributed by atoms with van der Waals surface area (Å²) in [6.45, 7) is 0.583. The van der Waals surface area contributed by atoms with Crippen molar-refractivity contribution >= 4 is 23.0 Å². The van der Waals surface area contributed by atoms with Gasteiger partial charge in [0.05, 0.1) is 12.7 Å². The van der Waals surface area contributed by atoms with E-state index in [4.69, 9.17) is 10.8 Å². The van der Waals surface area contributed by atoms with Crippen molar-refractivity contribution in [2.75, 3.05) is 13.2 Å². The lowest BCUT2D eigenvalue weighted by Crippen LogP contribution is -2.23. The molecule has 0 spiro atoms. The van der Waals surface area contributed by atoms with Gasteiger partial charge in [-0.25, -0.2) is 0 Å². The van der Waals surface area contributed by atoms with Crippen LogP contribution in [0, 0.1) is 0 Å². The molecular formula is C3H8INO2. The summed E-state index contributed by atoms with van der Waals surface area (Å²) >= 11 is 1.71. The first-order valence-electron chi connectivity index (χ1n) is 1.93. The second kappa shape index (κ2) is 4.76.